The number of para-hydroxylation sites is 2. The van der Waals surface area contributed by atoms with Gasteiger partial charge in [0, 0.05) is 54.6 Å². The standard InChI is InChI=1S/C40H27ClO5/c1-4-24-36(42)19(2)29-30(23-17-16-21-10-5-6-11-22(21)18-23)32-34(37(43)20(3)38(44)35(32)41)31(33(29)39(24)45)27-14-9-13-26-25-12-7-8-15-28(25)46-40(26)27/h4-18,42-45H,1H2,2-3H3. The minimum atomic E-state index is -0.255. The van der Waals surface area contributed by atoms with Crippen LogP contribution < -0.4 is 0 Å². The molecule has 8 aromatic rings. The summed E-state index contributed by atoms with van der Waals surface area (Å²) in [5.41, 5.74) is 4.38. The van der Waals surface area contributed by atoms with Crippen LogP contribution in [0.1, 0.15) is 16.7 Å². The summed E-state index contributed by atoms with van der Waals surface area (Å²) < 4.78 is 6.46. The highest BCUT2D eigenvalue weighted by Crippen LogP contribution is 2.58. The summed E-state index contributed by atoms with van der Waals surface area (Å²) in [4.78, 5) is 0. The summed E-state index contributed by atoms with van der Waals surface area (Å²) in [7, 11) is 0. The second-order valence-electron chi connectivity index (χ2n) is 11.7. The lowest BCUT2D eigenvalue weighted by Gasteiger charge is -2.24. The molecule has 0 spiro atoms. The maximum absolute atomic E-state index is 12.1. The molecule has 8 rings (SSSR count). The van der Waals surface area contributed by atoms with E-state index in [1.807, 2.05) is 84.9 Å². The number of hydrogen-bond donors (Lipinski definition) is 4. The maximum Gasteiger partial charge on any atom is 0.143 e. The number of phenolic OH excluding ortho intramolecular Hbond substituents is 4. The van der Waals surface area contributed by atoms with E-state index in [0.29, 0.717) is 55.0 Å². The third-order valence-corrected chi connectivity index (χ3v) is 9.64. The molecular weight excluding hydrogens is 596 g/mol. The first-order chi connectivity index (χ1) is 22.2. The summed E-state index contributed by atoms with van der Waals surface area (Å²) in [6.07, 6.45) is 1.41. The average Bonchev–Trinajstić information content (AvgIpc) is 3.47. The van der Waals surface area contributed by atoms with Crippen LogP contribution in [0.5, 0.6) is 23.0 Å². The number of benzene rings is 7. The number of hydrogen-bond acceptors (Lipinski definition) is 5. The molecule has 0 aliphatic rings. The highest BCUT2D eigenvalue weighted by atomic mass is 35.5. The average molecular weight is 623 g/mol. The number of halogens is 1. The fraction of sp³-hybridized carbons (Fsp3) is 0.0500. The SMILES string of the molecule is C=Cc1c(O)c(C)c2c(-c3ccc4ccccc4c3)c3c(Cl)c(O)c(C)c(O)c3c(-c3cccc4c3oc3ccccc34)c2c1O. The van der Waals surface area contributed by atoms with E-state index in [9.17, 15) is 20.4 Å². The summed E-state index contributed by atoms with van der Waals surface area (Å²) in [6.45, 7) is 7.24. The number of furan rings is 1. The first-order valence-corrected chi connectivity index (χ1v) is 15.2. The Morgan fingerprint density at radius 3 is 2.11 bits per heavy atom. The molecular formula is C40H27ClO5. The van der Waals surface area contributed by atoms with E-state index < -0.39 is 0 Å². The number of fused-ring (bicyclic) bond motifs is 6. The first kappa shape index (κ1) is 27.9. The Balaban J connectivity index is 1.71. The molecule has 5 nitrogen and oxygen atoms in total. The molecule has 0 radical (unpaired) electrons. The minimum Gasteiger partial charge on any atom is -0.507 e. The molecule has 1 aromatic heterocycles. The Morgan fingerprint density at radius 1 is 0.630 bits per heavy atom. The van der Waals surface area contributed by atoms with Crippen LogP contribution in [0.2, 0.25) is 5.02 Å². The molecule has 0 atom stereocenters. The third-order valence-electron chi connectivity index (χ3n) is 9.27. The van der Waals surface area contributed by atoms with Gasteiger partial charge in [0.1, 0.15) is 34.2 Å². The molecule has 0 saturated heterocycles. The molecule has 6 heteroatoms. The zero-order valence-corrected chi connectivity index (χ0v) is 25.7. The highest BCUT2D eigenvalue weighted by Gasteiger charge is 2.31. The van der Waals surface area contributed by atoms with Crippen molar-refractivity contribution in [3.8, 4) is 45.3 Å². The van der Waals surface area contributed by atoms with Crippen LogP contribution >= 0.6 is 11.6 Å². The van der Waals surface area contributed by atoms with Crippen molar-refractivity contribution in [2.45, 2.75) is 13.8 Å². The van der Waals surface area contributed by atoms with Gasteiger partial charge in [-0.3, -0.25) is 0 Å². The number of aromatic hydroxyl groups is 4. The number of phenols is 4. The lowest BCUT2D eigenvalue weighted by Crippen LogP contribution is -1.98. The van der Waals surface area contributed by atoms with Crippen LogP contribution in [-0.4, -0.2) is 20.4 Å². The largest absolute Gasteiger partial charge is 0.507 e. The van der Waals surface area contributed by atoms with Gasteiger partial charge in [-0.05, 0) is 47.9 Å². The van der Waals surface area contributed by atoms with Gasteiger partial charge in [0.25, 0.3) is 0 Å². The van der Waals surface area contributed by atoms with Crippen molar-refractivity contribution < 1.29 is 24.8 Å². The van der Waals surface area contributed by atoms with E-state index >= 15 is 0 Å². The normalized spacial score (nSPS) is 11.8. The van der Waals surface area contributed by atoms with Crippen LogP contribution in [0.15, 0.2) is 95.9 Å². The Hall–Kier alpha value is -5.65. The predicted octanol–water partition coefficient (Wildman–Crippen LogP) is 11.1. The van der Waals surface area contributed by atoms with Gasteiger partial charge in [-0.25, -0.2) is 0 Å². The van der Waals surface area contributed by atoms with Crippen LogP contribution in [0.4, 0.5) is 0 Å². The smallest absolute Gasteiger partial charge is 0.143 e. The number of rotatable bonds is 3. The maximum atomic E-state index is 12.1. The van der Waals surface area contributed by atoms with Crippen molar-refractivity contribution >= 4 is 71.9 Å². The van der Waals surface area contributed by atoms with Gasteiger partial charge in [0.05, 0.1) is 10.6 Å². The summed E-state index contributed by atoms with van der Waals surface area (Å²) in [6, 6.07) is 27.3. The van der Waals surface area contributed by atoms with Crippen molar-refractivity contribution in [2.24, 2.45) is 0 Å². The monoisotopic (exact) mass is 622 g/mol. The molecule has 1 heterocycles. The summed E-state index contributed by atoms with van der Waals surface area (Å²) in [5, 5.41) is 52.2. The van der Waals surface area contributed by atoms with Crippen molar-refractivity contribution in [2.75, 3.05) is 0 Å². The van der Waals surface area contributed by atoms with E-state index in [2.05, 4.69) is 6.58 Å². The summed E-state index contributed by atoms with van der Waals surface area (Å²) >= 11 is 7.08. The van der Waals surface area contributed by atoms with Crippen LogP contribution in [0.3, 0.4) is 0 Å². The first-order valence-electron chi connectivity index (χ1n) is 14.8. The van der Waals surface area contributed by atoms with E-state index in [4.69, 9.17) is 16.0 Å². The fourth-order valence-corrected chi connectivity index (χ4v) is 7.34. The third kappa shape index (κ3) is 3.63. The topological polar surface area (TPSA) is 94.1 Å². The number of aryl methyl sites for hydroxylation is 1. The van der Waals surface area contributed by atoms with Crippen molar-refractivity contribution in [3.63, 3.8) is 0 Å². The van der Waals surface area contributed by atoms with Gasteiger partial charge in [-0.1, -0.05) is 97.1 Å². The van der Waals surface area contributed by atoms with Gasteiger partial charge in [0.2, 0.25) is 0 Å². The lowest BCUT2D eigenvalue weighted by atomic mass is 9.81. The Morgan fingerprint density at radius 2 is 1.33 bits per heavy atom. The molecule has 46 heavy (non-hydrogen) atoms. The van der Waals surface area contributed by atoms with E-state index in [1.165, 1.54) is 6.08 Å². The molecule has 0 bridgehead atoms. The van der Waals surface area contributed by atoms with Gasteiger partial charge >= 0.3 is 0 Å². The van der Waals surface area contributed by atoms with Gasteiger partial charge in [-0.2, -0.15) is 0 Å². The molecule has 0 fully saturated rings. The Labute approximate surface area is 268 Å². The predicted molar refractivity (Wildman–Crippen MR) is 188 cm³/mol. The quantitative estimate of drug-likeness (QED) is 0.147. The molecule has 7 aromatic carbocycles. The van der Waals surface area contributed by atoms with Crippen molar-refractivity contribution in [3.05, 3.63) is 113 Å². The highest BCUT2D eigenvalue weighted by molar-refractivity contribution is 6.42. The molecule has 0 aliphatic heterocycles. The van der Waals surface area contributed by atoms with E-state index in [0.717, 1.165) is 27.1 Å². The molecule has 0 amide bonds. The zero-order chi connectivity index (χ0) is 32.0. The van der Waals surface area contributed by atoms with Crippen LogP contribution in [-0.2, 0) is 0 Å². The van der Waals surface area contributed by atoms with Crippen LogP contribution in [0, 0.1) is 13.8 Å². The van der Waals surface area contributed by atoms with Crippen molar-refractivity contribution in [1.82, 2.24) is 0 Å². The van der Waals surface area contributed by atoms with E-state index in [1.54, 1.807) is 13.8 Å². The van der Waals surface area contributed by atoms with Gasteiger partial charge in [0.15, 0.2) is 0 Å². The van der Waals surface area contributed by atoms with E-state index in [-0.39, 0.29) is 39.1 Å². The molecule has 4 N–H and O–H groups in total. The second-order valence-corrected chi connectivity index (χ2v) is 12.0. The molecule has 224 valence electrons. The second kappa shape index (κ2) is 9.93. The Bertz CT molecular complexity index is 2630. The molecule has 0 aliphatic carbocycles. The molecule has 0 saturated carbocycles. The van der Waals surface area contributed by atoms with Crippen LogP contribution in [0.25, 0.3) is 82.6 Å². The fourth-order valence-electron chi connectivity index (χ4n) is 7.01. The Kier molecular flexibility index (Phi) is 6.01. The molecule has 0 unspecified atom stereocenters. The summed E-state index contributed by atoms with van der Waals surface area (Å²) in [5.74, 6) is -0.781. The van der Waals surface area contributed by atoms with Crippen molar-refractivity contribution in [1.29, 1.82) is 0 Å². The zero-order valence-electron chi connectivity index (χ0n) is 24.9. The van der Waals surface area contributed by atoms with Gasteiger partial charge < -0.3 is 24.8 Å². The minimum absolute atomic E-state index is 0.0413. The lowest BCUT2D eigenvalue weighted by molar-refractivity contribution is 0.448. The van der Waals surface area contributed by atoms with Gasteiger partial charge in [-0.15, -0.1) is 0 Å².